The van der Waals surface area contributed by atoms with Gasteiger partial charge in [-0.25, -0.2) is 4.98 Å². The average Bonchev–Trinajstić information content (AvgIpc) is 3.02. The van der Waals surface area contributed by atoms with Crippen LogP contribution in [0.5, 0.6) is 0 Å². The number of methoxy groups -OCH3 is 1. The molecule has 0 aliphatic heterocycles. The van der Waals surface area contributed by atoms with E-state index in [2.05, 4.69) is 11.1 Å². The number of pyridine rings is 1. The zero-order valence-corrected chi connectivity index (χ0v) is 13.6. The monoisotopic (exact) mass is 308 g/mol. The van der Waals surface area contributed by atoms with Gasteiger partial charge in [0.15, 0.2) is 0 Å². The molecule has 0 N–H and O–H groups in total. The lowest BCUT2D eigenvalue weighted by Gasteiger charge is -2.32. The Morgan fingerprint density at radius 1 is 1.13 bits per heavy atom. The van der Waals surface area contributed by atoms with Crippen LogP contribution in [-0.2, 0) is 9.53 Å². The van der Waals surface area contributed by atoms with E-state index in [-0.39, 0.29) is 11.9 Å². The lowest BCUT2D eigenvalue weighted by molar-refractivity contribution is -0.151. The number of rotatable bonds is 4. The molecule has 0 aliphatic rings. The molecule has 3 rings (SSSR count). The first kappa shape index (κ1) is 15.3. The Kier molecular flexibility index (Phi) is 3.90. The quantitative estimate of drug-likeness (QED) is 0.691. The van der Waals surface area contributed by atoms with E-state index in [1.165, 1.54) is 7.11 Å². The van der Waals surface area contributed by atoms with Gasteiger partial charge in [0.05, 0.1) is 30.6 Å². The molecule has 0 fully saturated rings. The smallest absolute Gasteiger partial charge is 0.312 e. The van der Waals surface area contributed by atoms with E-state index in [1.807, 2.05) is 67.0 Å². The minimum absolute atomic E-state index is 0.108. The van der Waals surface area contributed by atoms with Crippen molar-refractivity contribution < 1.29 is 9.53 Å². The Morgan fingerprint density at radius 3 is 2.57 bits per heavy atom. The van der Waals surface area contributed by atoms with Gasteiger partial charge in [-0.3, -0.25) is 4.79 Å². The predicted molar refractivity (Wildman–Crippen MR) is 89.3 cm³/mol. The number of benzene rings is 1. The third-order valence-electron chi connectivity index (χ3n) is 4.33. The first-order valence-electron chi connectivity index (χ1n) is 7.59. The van der Waals surface area contributed by atoms with Crippen molar-refractivity contribution in [2.45, 2.75) is 19.8 Å². The van der Waals surface area contributed by atoms with Gasteiger partial charge < -0.3 is 9.14 Å². The molecular formula is C19H20N2O2. The zero-order valence-electron chi connectivity index (χ0n) is 13.6. The van der Waals surface area contributed by atoms with E-state index in [1.54, 1.807) is 6.33 Å². The van der Waals surface area contributed by atoms with Gasteiger partial charge in [-0.1, -0.05) is 36.4 Å². The zero-order chi connectivity index (χ0) is 16.4. The van der Waals surface area contributed by atoms with Crippen molar-refractivity contribution in [1.29, 1.82) is 0 Å². The Morgan fingerprint density at radius 2 is 1.87 bits per heavy atom. The van der Waals surface area contributed by atoms with Crippen molar-refractivity contribution in [3.63, 3.8) is 0 Å². The topological polar surface area (TPSA) is 43.6 Å². The second kappa shape index (κ2) is 5.88. The van der Waals surface area contributed by atoms with Crippen LogP contribution in [0.1, 0.15) is 30.9 Å². The van der Waals surface area contributed by atoms with Gasteiger partial charge in [-0.15, -0.1) is 0 Å². The summed E-state index contributed by atoms with van der Waals surface area (Å²) in [5, 5.41) is 0. The summed E-state index contributed by atoms with van der Waals surface area (Å²) in [6, 6.07) is 14.1. The molecule has 1 unspecified atom stereocenters. The summed E-state index contributed by atoms with van der Waals surface area (Å²) in [6.45, 7) is 3.85. The summed E-state index contributed by atoms with van der Waals surface area (Å²) in [4.78, 5) is 16.6. The third kappa shape index (κ3) is 2.72. The molecule has 4 nitrogen and oxygen atoms in total. The molecule has 0 saturated carbocycles. The molecule has 0 radical (unpaired) electrons. The number of nitrogens with zero attached hydrogens (tertiary/aromatic N) is 2. The number of hydrogen-bond donors (Lipinski definition) is 0. The molecule has 0 bridgehead atoms. The fourth-order valence-electron chi connectivity index (χ4n) is 3.16. The lowest BCUT2D eigenvalue weighted by Crippen LogP contribution is -2.33. The summed E-state index contributed by atoms with van der Waals surface area (Å²) < 4.78 is 7.02. The van der Waals surface area contributed by atoms with Crippen LogP contribution in [-0.4, -0.2) is 22.5 Å². The van der Waals surface area contributed by atoms with Crippen molar-refractivity contribution in [2.24, 2.45) is 5.41 Å². The first-order chi connectivity index (χ1) is 11.0. The Hall–Kier alpha value is -2.62. The molecule has 1 atom stereocenters. The molecule has 0 spiro atoms. The number of fused-ring (bicyclic) bond motifs is 1. The normalized spacial score (nSPS) is 13.0. The number of imidazole rings is 1. The molecule has 0 aliphatic carbocycles. The molecule has 0 amide bonds. The van der Waals surface area contributed by atoms with Crippen molar-refractivity contribution in [3.8, 4) is 0 Å². The number of esters is 1. The summed E-state index contributed by atoms with van der Waals surface area (Å²) in [6.07, 6.45) is 5.61. The Balaban J connectivity index is 2.16. The fraction of sp³-hybridized carbons (Fsp3) is 0.263. The van der Waals surface area contributed by atoms with Crippen LogP contribution >= 0.6 is 0 Å². The van der Waals surface area contributed by atoms with Gasteiger partial charge in [-0.2, -0.15) is 0 Å². The van der Waals surface area contributed by atoms with E-state index < -0.39 is 5.41 Å². The van der Waals surface area contributed by atoms with Crippen LogP contribution in [0, 0.1) is 5.41 Å². The largest absolute Gasteiger partial charge is 0.469 e. The molecule has 3 aromatic rings. The van der Waals surface area contributed by atoms with Crippen LogP contribution in [0.25, 0.3) is 5.52 Å². The lowest BCUT2D eigenvalue weighted by atomic mass is 9.71. The summed E-state index contributed by atoms with van der Waals surface area (Å²) in [7, 11) is 1.44. The average molecular weight is 308 g/mol. The Bertz CT molecular complexity index is 822. The van der Waals surface area contributed by atoms with Crippen LogP contribution in [0.15, 0.2) is 61.2 Å². The number of ether oxygens (including phenoxy) is 1. The van der Waals surface area contributed by atoms with Crippen molar-refractivity contribution in [3.05, 3.63) is 72.3 Å². The van der Waals surface area contributed by atoms with Crippen LogP contribution in [0.3, 0.4) is 0 Å². The summed E-state index contributed by atoms with van der Waals surface area (Å²) in [5.74, 6) is -0.333. The molecule has 1 aromatic carbocycles. The highest BCUT2D eigenvalue weighted by Crippen LogP contribution is 2.41. The first-order valence-corrected chi connectivity index (χ1v) is 7.59. The fourth-order valence-corrected chi connectivity index (χ4v) is 3.16. The number of carbonyl (C=O) groups is 1. The van der Waals surface area contributed by atoms with Gasteiger partial charge in [-0.05, 0) is 31.0 Å². The highest BCUT2D eigenvalue weighted by atomic mass is 16.5. The maximum Gasteiger partial charge on any atom is 0.312 e. The molecule has 0 saturated heterocycles. The molecular weight excluding hydrogens is 288 g/mol. The van der Waals surface area contributed by atoms with Gasteiger partial charge in [0.25, 0.3) is 0 Å². The standard InChI is InChI=1S/C19H20N2O2/c1-19(2,18(22)23-3)17(14-7-5-4-6-8-14)15-9-10-16-11-20-13-21(16)12-15/h4-13,17H,1-3H3. The minimum atomic E-state index is -0.690. The maximum absolute atomic E-state index is 12.4. The van der Waals surface area contributed by atoms with Crippen LogP contribution in [0.2, 0.25) is 0 Å². The van der Waals surface area contributed by atoms with E-state index in [4.69, 9.17) is 4.74 Å². The summed E-state index contributed by atoms with van der Waals surface area (Å²) >= 11 is 0. The van der Waals surface area contributed by atoms with E-state index in [0.717, 1.165) is 16.6 Å². The number of carbonyl (C=O) groups excluding carboxylic acids is 1. The third-order valence-corrected chi connectivity index (χ3v) is 4.33. The van der Waals surface area contributed by atoms with Gasteiger partial charge in [0, 0.05) is 12.1 Å². The number of hydrogen-bond acceptors (Lipinski definition) is 3. The molecule has 23 heavy (non-hydrogen) atoms. The van der Waals surface area contributed by atoms with Crippen LogP contribution in [0.4, 0.5) is 0 Å². The van der Waals surface area contributed by atoms with Gasteiger partial charge in [0.2, 0.25) is 0 Å². The van der Waals surface area contributed by atoms with Crippen molar-refractivity contribution in [2.75, 3.05) is 7.11 Å². The summed E-state index contributed by atoms with van der Waals surface area (Å²) in [5.41, 5.74) is 2.47. The molecule has 2 aromatic heterocycles. The maximum atomic E-state index is 12.4. The minimum Gasteiger partial charge on any atom is -0.469 e. The SMILES string of the molecule is COC(=O)C(C)(C)C(c1ccccc1)c1ccc2cncn2c1. The highest BCUT2D eigenvalue weighted by Gasteiger charge is 2.40. The van der Waals surface area contributed by atoms with Crippen molar-refractivity contribution >= 4 is 11.5 Å². The Labute approximate surface area is 135 Å². The highest BCUT2D eigenvalue weighted by molar-refractivity contribution is 5.78. The predicted octanol–water partition coefficient (Wildman–Crippen LogP) is 3.67. The number of aromatic nitrogens is 2. The second-order valence-electron chi connectivity index (χ2n) is 6.25. The van der Waals surface area contributed by atoms with Crippen LogP contribution < -0.4 is 0 Å². The van der Waals surface area contributed by atoms with Gasteiger partial charge >= 0.3 is 5.97 Å². The second-order valence-corrected chi connectivity index (χ2v) is 6.25. The molecule has 2 heterocycles. The van der Waals surface area contributed by atoms with E-state index in [9.17, 15) is 4.79 Å². The molecule has 118 valence electrons. The van der Waals surface area contributed by atoms with E-state index in [0.29, 0.717) is 0 Å². The van der Waals surface area contributed by atoms with Crippen molar-refractivity contribution in [1.82, 2.24) is 9.38 Å². The van der Waals surface area contributed by atoms with Gasteiger partial charge in [0.1, 0.15) is 0 Å². The molecule has 4 heteroatoms. The van der Waals surface area contributed by atoms with E-state index >= 15 is 0 Å².